The lowest BCUT2D eigenvalue weighted by molar-refractivity contribution is -0.389. The average molecular weight is 530 g/mol. The maximum Gasteiger partial charge on any atom is 0.414 e. The van der Waals surface area contributed by atoms with Crippen molar-refractivity contribution >= 4 is 23.5 Å². The summed E-state index contributed by atoms with van der Waals surface area (Å²) >= 11 is 0. The standard InChI is InChI=1S/C23H20F2N6O7/c1-12(32)26-7-15-9-30(23(33)38-15)14-4-17(24)21(18(25)5-14)13-2-3-20(27-6-13)37-16-8-29-10-19(31(34)35)28-22(29)36-11-16/h2-6,10,15-16H,7-9,11H2,1H3,(H,26,32). The van der Waals surface area contributed by atoms with Crippen LogP contribution in [-0.4, -0.2) is 63.4 Å². The molecule has 2 unspecified atom stereocenters. The molecule has 3 aromatic rings. The highest BCUT2D eigenvalue weighted by Crippen LogP contribution is 2.32. The number of pyridine rings is 1. The zero-order chi connectivity index (χ0) is 27.0. The smallest absolute Gasteiger partial charge is 0.414 e. The number of ether oxygens (including phenoxy) is 3. The number of anilines is 1. The topological polar surface area (TPSA) is 151 Å². The van der Waals surface area contributed by atoms with Gasteiger partial charge in [0, 0.05) is 29.7 Å². The molecule has 38 heavy (non-hydrogen) atoms. The van der Waals surface area contributed by atoms with Crippen LogP contribution in [0.25, 0.3) is 11.1 Å². The van der Waals surface area contributed by atoms with Gasteiger partial charge in [0.05, 0.1) is 30.9 Å². The molecule has 1 fully saturated rings. The summed E-state index contributed by atoms with van der Waals surface area (Å²) in [4.78, 5) is 42.5. The molecule has 2 amide bonds. The summed E-state index contributed by atoms with van der Waals surface area (Å²) in [5.74, 6) is -2.31. The molecule has 0 aliphatic carbocycles. The first-order valence-corrected chi connectivity index (χ1v) is 11.4. The van der Waals surface area contributed by atoms with Crippen molar-refractivity contribution in [1.29, 1.82) is 0 Å². The van der Waals surface area contributed by atoms with Crippen LogP contribution in [0.2, 0.25) is 0 Å². The Morgan fingerprint density at radius 1 is 1.29 bits per heavy atom. The predicted octanol–water partition coefficient (Wildman–Crippen LogP) is 2.43. The highest BCUT2D eigenvalue weighted by Gasteiger charge is 2.33. The predicted molar refractivity (Wildman–Crippen MR) is 125 cm³/mol. The molecule has 1 aromatic carbocycles. The first kappa shape index (κ1) is 24.9. The molecule has 4 heterocycles. The number of halogens is 2. The Bertz CT molecular complexity index is 1390. The van der Waals surface area contributed by atoms with Gasteiger partial charge in [-0.15, -0.1) is 0 Å². The maximum atomic E-state index is 15.0. The lowest BCUT2D eigenvalue weighted by atomic mass is 10.1. The number of nitrogens with zero attached hydrogens (tertiary/aromatic N) is 5. The van der Waals surface area contributed by atoms with E-state index in [1.807, 2.05) is 0 Å². The summed E-state index contributed by atoms with van der Waals surface area (Å²) in [6.07, 6.45) is 0.512. The van der Waals surface area contributed by atoms with Crippen molar-refractivity contribution < 1.29 is 37.5 Å². The number of cyclic esters (lactones) is 1. The van der Waals surface area contributed by atoms with E-state index < -0.39 is 34.9 Å². The second kappa shape index (κ2) is 9.91. The monoisotopic (exact) mass is 530 g/mol. The van der Waals surface area contributed by atoms with Gasteiger partial charge >= 0.3 is 17.9 Å². The number of carbonyl (C=O) groups is 2. The number of hydrogen-bond donors (Lipinski definition) is 1. The number of aromatic nitrogens is 3. The van der Waals surface area contributed by atoms with E-state index in [9.17, 15) is 28.5 Å². The van der Waals surface area contributed by atoms with Gasteiger partial charge in [-0.3, -0.25) is 14.3 Å². The van der Waals surface area contributed by atoms with Gasteiger partial charge < -0.3 is 29.6 Å². The third-order valence-corrected chi connectivity index (χ3v) is 5.82. The molecule has 2 aliphatic heterocycles. The summed E-state index contributed by atoms with van der Waals surface area (Å²) in [5, 5.41) is 13.4. The largest absolute Gasteiger partial charge is 0.469 e. The summed E-state index contributed by atoms with van der Waals surface area (Å²) in [6, 6.07) is 5.00. The number of nitro groups is 1. The fraction of sp³-hybridized carbons (Fsp3) is 0.304. The maximum absolute atomic E-state index is 15.0. The van der Waals surface area contributed by atoms with Gasteiger partial charge in [-0.2, -0.15) is 0 Å². The van der Waals surface area contributed by atoms with E-state index in [1.165, 1.54) is 36.0 Å². The minimum Gasteiger partial charge on any atom is -0.469 e. The highest BCUT2D eigenvalue weighted by atomic mass is 19.1. The Morgan fingerprint density at radius 2 is 2.05 bits per heavy atom. The molecule has 15 heteroatoms. The Balaban J connectivity index is 1.26. The van der Waals surface area contributed by atoms with Gasteiger partial charge in [0.1, 0.15) is 30.5 Å². The molecule has 2 aromatic heterocycles. The summed E-state index contributed by atoms with van der Waals surface area (Å²) in [7, 11) is 0. The van der Waals surface area contributed by atoms with Crippen LogP contribution in [-0.2, 0) is 16.1 Å². The van der Waals surface area contributed by atoms with Crippen LogP contribution in [0, 0.1) is 21.7 Å². The number of rotatable bonds is 7. The van der Waals surface area contributed by atoms with E-state index in [0.29, 0.717) is 0 Å². The third kappa shape index (κ3) is 5.02. The lowest BCUT2D eigenvalue weighted by Crippen LogP contribution is -2.34. The molecule has 0 spiro atoms. The highest BCUT2D eigenvalue weighted by molar-refractivity contribution is 5.90. The van der Waals surface area contributed by atoms with Crippen LogP contribution in [0.3, 0.4) is 0 Å². The third-order valence-electron chi connectivity index (χ3n) is 5.82. The number of imidazole rings is 1. The Hall–Kier alpha value is -4.82. The zero-order valence-electron chi connectivity index (χ0n) is 19.8. The zero-order valence-corrected chi connectivity index (χ0v) is 19.8. The van der Waals surface area contributed by atoms with E-state index in [4.69, 9.17) is 14.2 Å². The lowest BCUT2D eigenvalue weighted by Gasteiger charge is -2.22. The molecular weight excluding hydrogens is 510 g/mol. The minimum absolute atomic E-state index is 0.0176. The van der Waals surface area contributed by atoms with Gasteiger partial charge in [0.15, 0.2) is 6.10 Å². The van der Waals surface area contributed by atoms with Crippen LogP contribution >= 0.6 is 0 Å². The van der Waals surface area contributed by atoms with Crippen molar-refractivity contribution in [3.63, 3.8) is 0 Å². The molecule has 1 saturated heterocycles. The van der Waals surface area contributed by atoms with Crippen LogP contribution in [0.15, 0.2) is 36.7 Å². The van der Waals surface area contributed by atoms with E-state index in [1.54, 1.807) is 0 Å². The van der Waals surface area contributed by atoms with Gasteiger partial charge in [-0.25, -0.2) is 18.6 Å². The fourth-order valence-corrected chi connectivity index (χ4v) is 4.09. The number of amides is 2. The minimum atomic E-state index is -0.913. The van der Waals surface area contributed by atoms with Crippen molar-refractivity contribution in [2.75, 3.05) is 24.6 Å². The Morgan fingerprint density at radius 3 is 2.71 bits per heavy atom. The Kier molecular flexibility index (Phi) is 6.48. The normalized spacial score (nSPS) is 18.4. The molecule has 2 atom stereocenters. The average Bonchev–Trinajstić information content (AvgIpc) is 3.46. The molecular formula is C23H20F2N6O7. The van der Waals surface area contributed by atoms with Crippen LogP contribution in [0.4, 0.5) is 25.1 Å². The molecule has 0 saturated carbocycles. The molecule has 0 bridgehead atoms. The van der Waals surface area contributed by atoms with Gasteiger partial charge in [-0.1, -0.05) is 0 Å². The molecule has 2 aliphatic rings. The first-order valence-electron chi connectivity index (χ1n) is 11.4. The number of carbonyl (C=O) groups excluding carboxylic acids is 2. The second-order valence-electron chi connectivity index (χ2n) is 8.56. The van der Waals surface area contributed by atoms with E-state index in [0.717, 1.165) is 17.0 Å². The summed E-state index contributed by atoms with van der Waals surface area (Å²) in [5.41, 5.74) is -0.228. The summed E-state index contributed by atoms with van der Waals surface area (Å²) in [6.45, 7) is 1.73. The summed E-state index contributed by atoms with van der Waals surface area (Å²) < 4.78 is 47.7. The number of hydrogen-bond acceptors (Lipinski definition) is 9. The number of benzene rings is 1. The molecule has 13 nitrogen and oxygen atoms in total. The number of nitrogens with one attached hydrogen (secondary N) is 1. The fourth-order valence-electron chi connectivity index (χ4n) is 4.09. The molecule has 198 valence electrons. The van der Waals surface area contributed by atoms with Gasteiger partial charge in [-0.05, 0) is 23.1 Å². The Labute approximate surface area is 213 Å². The number of fused-ring (bicyclic) bond motifs is 1. The molecule has 1 N–H and O–H groups in total. The van der Waals surface area contributed by atoms with Crippen molar-refractivity contribution in [3.8, 4) is 23.0 Å². The van der Waals surface area contributed by atoms with E-state index in [-0.39, 0.29) is 66.7 Å². The molecule has 0 radical (unpaired) electrons. The van der Waals surface area contributed by atoms with Crippen molar-refractivity contribution in [3.05, 3.63) is 58.4 Å². The molecule has 5 rings (SSSR count). The quantitative estimate of drug-likeness (QED) is 0.359. The van der Waals surface area contributed by atoms with Crippen molar-refractivity contribution in [2.45, 2.75) is 25.7 Å². The second-order valence-corrected chi connectivity index (χ2v) is 8.56. The van der Waals surface area contributed by atoms with Crippen LogP contribution in [0.5, 0.6) is 11.9 Å². The SMILES string of the molecule is CC(=O)NCC1CN(c2cc(F)c(-c3ccc(OC4COc5nc([N+](=O)[O-])cn5C4)nc3)c(F)c2)C(=O)O1. The van der Waals surface area contributed by atoms with E-state index >= 15 is 0 Å². The van der Waals surface area contributed by atoms with Crippen molar-refractivity contribution in [1.82, 2.24) is 19.9 Å². The van der Waals surface area contributed by atoms with E-state index in [2.05, 4.69) is 15.3 Å². The first-order chi connectivity index (χ1) is 18.2. The van der Waals surface area contributed by atoms with Gasteiger partial charge in [0.2, 0.25) is 11.8 Å². The van der Waals surface area contributed by atoms with Gasteiger partial charge in [0.25, 0.3) is 0 Å². The van der Waals surface area contributed by atoms with Crippen molar-refractivity contribution in [2.24, 2.45) is 0 Å². The van der Waals surface area contributed by atoms with Crippen LogP contribution in [0.1, 0.15) is 6.92 Å². The van der Waals surface area contributed by atoms with Crippen LogP contribution < -0.4 is 19.7 Å².